The molecule has 0 saturated heterocycles. The van der Waals surface area contributed by atoms with Crippen LogP contribution in [0.25, 0.3) is 16.6 Å². The molecule has 4 rings (SSSR count). The first-order valence-electron chi connectivity index (χ1n) is 9.91. The minimum Gasteiger partial charge on any atom is -0.293 e. The lowest BCUT2D eigenvalue weighted by Crippen LogP contribution is -2.23. The molecule has 0 spiro atoms. The van der Waals surface area contributed by atoms with E-state index in [1.54, 1.807) is 10.6 Å². The number of Topliss-reactive ketones (excluding diaryl/α,β-unsaturated/α-hetero) is 1. The van der Waals surface area contributed by atoms with Crippen molar-refractivity contribution < 1.29 is 4.79 Å². The standard InChI is InChI=1S/C25H22N2O2S/c1-3-18-12-14-19(15-13-18)23(28)16-30-25-26-21-10-6-5-9-20(21)24(29)27(25)22-11-7-4-8-17(22)2/h4-15H,3,16H2,1-2H3. The fraction of sp³-hybridized carbons (Fsp3) is 0.160. The number of thioether (sulfide) groups is 1. The van der Waals surface area contributed by atoms with Gasteiger partial charge in [-0.05, 0) is 42.7 Å². The van der Waals surface area contributed by atoms with Gasteiger partial charge in [-0.3, -0.25) is 14.2 Å². The SMILES string of the molecule is CCc1ccc(C(=O)CSc2nc3ccccc3c(=O)n2-c2ccccc2C)cc1. The first-order chi connectivity index (χ1) is 14.6. The van der Waals surface area contributed by atoms with Crippen LogP contribution in [0.5, 0.6) is 0 Å². The number of carbonyl (C=O) groups excluding carboxylic acids is 1. The first-order valence-corrected chi connectivity index (χ1v) is 10.9. The van der Waals surface area contributed by atoms with E-state index in [2.05, 4.69) is 6.92 Å². The number of para-hydroxylation sites is 2. The van der Waals surface area contributed by atoms with Gasteiger partial charge in [0.2, 0.25) is 0 Å². The van der Waals surface area contributed by atoms with Crippen LogP contribution in [0.2, 0.25) is 0 Å². The van der Waals surface area contributed by atoms with Gasteiger partial charge in [0.1, 0.15) is 0 Å². The predicted octanol–water partition coefficient (Wildman–Crippen LogP) is 5.23. The van der Waals surface area contributed by atoms with Crippen LogP contribution in [-0.2, 0) is 6.42 Å². The van der Waals surface area contributed by atoms with Crippen LogP contribution in [-0.4, -0.2) is 21.1 Å². The van der Waals surface area contributed by atoms with Crippen LogP contribution in [0.4, 0.5) is 0 Å². The van der Waals surface area contributed by atoms with E-state index in [0.29, 0.717) is 21.6 Å². The second-order valence-electron chi connectivity index (χ2n) is 7.10. The fourth-order valence-corrected chi connectivity index (χ4v) is 4.28. The Bertz CT molecular complexity index is 1280. The first kappa shape index (κ1) is 20.1. The number of nitrogens with zero attached hydrogens (tertiary/aromatic N) is 2. The van der Waals surface area contributed by atoms with Crippen molar-refractivity contribution in [2.75, 3.05) is 5.75 Å². The average molecular weight is 415 g/mol. The van der Waals surface area contributed by atoms with Crippen LogP contribution in [0.15, 0.2) is 82.7 Å². The Balaban J connectivity index is 1.74. The van der Waals surface area contributed by atoms with Crippen molar-refractivity contribution in [3.8, 4) is 5.69 Å². The van der Waals surface area contributed by atoms with Gasteiger partial charge in [-0.25, -0.2) is 4.98 Å². The summed E-state index contributed by atoms with van der Waals surface area (Å²) in [5, 5.41) is 1.08. The van der Waals surface area contributed by atoms with E-state index in [9.17, 15) is 9.59 Å². The van der Waals surface area contributed by atoms with Crippen LogP contribution in [0.1, 0.15) is 28.4 Å². The zero-order valence-electron chi connectivity index (χ0n) is 17.0. The molecule has 150 valence electrons. The highest BCUT2D eigenvalue weighted by atomic mass is 32.2. The third-order valence-corrected chi connectivity index (χ3v) is 6.06. The molecule has 0 unspecified atom stereocenters. The van der Waals surface area contributed by atoms with Gasteiger partial charge in [0.05, 0.1) is 22.3 Å². The molecule has 3 aromatic carbocycles. The lowest BCUT2D eigenvalue weighted by molar-refractivity contribution is 0.102. The molecule has 0 bridgehead atoms. The molecule has 0 aliphatic carbocycles. The Morgan fingerprint density at radius 1 is 0.967 bits per heavy atom. The molecule has 1 aromatic heterocycles. The number of hydrogen-bond acceptors (Lipinski definition) is 4. The zero-order valence-corrected chi connectivity index (χ0v) is 17.8. The third-order valence-electron chi connectivity index (χ3n) is 5.12. The van der Waals surface area contributed by atoms with Crippen molar-refractivity contribution in [2.45, 2.75) is 25.4 Å². The molecular weight excluding hydrogens is 392 g/mol. The topological polar surface area (TPSA) is 52.0 Å². The third kappa shape index (κ3) is 3.94. The summed E-state index contributed by atoms with van der Waals surface area (Å²) in [7, 11) is 0. The van der Waals surface area contributed by atoms with Gasteiger partial charge in [0, 0.05) is 5.56 Å². The van der Waals surface area contributed by atoms with Crippen molar-refractivity contribution in [3.63, 3.8) is 0 Å². The molecule has 0 fully saturated rings. The van der Waals surface area contributed by atoms with E-state index in [4.69, 9.17) is 4.98 Å². The summed E-state index contributed by atoms with van der Waals surface area (Å²) < 4.78 is 1.62. The van der Waals surface area contributed by atoms with Crippen molar-refractivity contribution in [2.24, 2.45) is 0 Å². The Morgan fingerprint density at radius 3 is 2.40 bits per heavy atom. The molecule has 0 N–H and O–H groups in total. The van der Waals surface area contributed by atoms with Gasteiger partial charge in [0.25, 0.3) is 5.56 Å². The number of aromatic nitrogens is 2. The van der Waals surface area contributed by atoms with Crippen LogP contribution >= 0.6 is 11.8 Å². The van der Waals surface area contributed by atoms with E-state index < -0.39 is 0 Å². The number of carbonyl (C=O) groups is 1. The molecule has 0 radical (unpaired) electrons. The quantitative estimate of drug-likeness (QED) is 0.246. The Kier molecular flexibility index (Phi) is 5.81. The molecule has 0 atom stereocenters. The van der Waals surface area contributed by atoms with Gasteiger partial charge in [-0.2, -0.15) is 0 Å². The number of aryl methyl sites for hydroxylation is 2. The molecule has 30 heavy (non-hydrogen) atoms. The largest absolute Gasteiger partial charge is 0.293 e. The summed E-state index contributed by atoms with van der Waals surface area (Å²) in [6.07, 6.45) is 0.937. The number of fused-ring (bicyclic) bond motifs is 1. The molecule has 0 saturated carbocycles. The number of rotatable bonds is 6. The monoisotopic (exact) mass is 414 g/mol. The molecule has 0 amide bonds. The maximum atomic E-state index is 13.3. The molecule has 0 aliphatic heterocycles. The van der Waals surface area contributed by atoms with E-state index in [0.717, 1.165) is 17.7 Å². The highest BCUT2D eigenvalue weighted by Gasteiger charge is 2.16. The van der Waals surface area contributed by atoms with Crippen molar-refractivity contribution in [1.29, 1.82) is 0 Å². The van der Waals surface area contributed by atoms with Crippen LogP contribution in [0, 0.1) is 6.92 Å². The smallest absolute Gasteiger partial charge is 0.266 e. The molecule has 4 aromatic rings. The Labute approximate surface area is 179 Å². The second kappa shape index (κ2) is 8.67. The molecular formula is C25H22N2O2S. The van der Waals surface area contributed by atoms with Gasteiger partial charge in [-0.15, -0.1) is 0 Å². The van der Waals surface area contributed by atoms with Crippen LogP contribution in [0.3, 0.4) is 0 Å². The summed E-state index contributed by atoms with van der Waals surface area (Å²) in [5.41, 5.74) is 4.13. The highest BCUT2D eigenvalue weighted by molar-refractivity contribution is 7.99. The predicted molar refractivity (Wildman–Crippen MR) is 123 cm³/mol. The van der Waals surface area contributed by atoms with Crippen molar-refractivity contribution >= 4 is 28.4 Å². The van der Waals surface area contributed by atoms with E-state index >= 15 is 0 Å². The number of ketones is 1. The summed E-state index contributed by atoms with van der Waals surface area (Å²) in [4.78, 5) is 30.8. The molecule has 0 aliphatic rings. The van der Waals surface area contributed by atoms with E-state index in [1.807, 2.05) is 73.7 Å². The minimum absolute atomic E-state index is 0.0152. The van der Waals surface area contributed by atoms with E-state index in [-0.39, 0.29) is 17.1 Å². The van der Waals surface area contributed by atoms with Crippen LogP contribution < -0.4 is 5.56 Å². The molecule has 4 nitrogen and oxygen atoms in total. The van der Waals surface area contributed by atoms with Crippen molar-refractivity contribution in [3.05, 3.63) is 99.8 Å². The number of hydrogen-bond donors (Lipinski definition) is 0. The van der Waals surface area contributed by atoms with Gasteiger partial charge < -0.3 is 0 Å². The molecule has 1 heterocycles. The second-order valence-corrected chi connectivity index (χ2v) is 8.04. The van der Waals surface area contributed by atoms with Gasteiger partial charge in [0.15, 0.2) is 10.9 Å². The van der Waals surface area contributed by atoms with E-state index in [1.165, 1.54) is 17.3 Å². The lowest BCUT2D eigenvalue weighted by atomic mass is 10.1. The lowest BCUT2D eigenvalue weighted by Gasteiger charge is -2.15. The number of benzene rings is 3. The molecule has 5 heteroatoms. The zero-order chi connectivity index (χ0) is 21.1. The maximum Gasteiger partial charge on any atom is 0.266 e. The normalized spacial score (nSPS) is 11.0. The average Bonchev–Trinajstić information content (AvgIpc) is 2.78. The minimum atomic E-state index is -0.128. The maximum absolute atomic E-state index is 13.3. The van der Waals surface area contributed by atoms with Crippen molar-refractivity contribution in [1.82, 2.24) is 9.55 Å². The summed E-state index contributed by atoms with van der Waals surface area (Å²) in [5.74, 6) is 0.226. The summed E-state index contributed by atoms with van der Waals surface area (Å²) in [6, 6.07) is 22.7. The highest BCUT2D eigenvalue weighted by Crippen LogP contribution is 2.24. The Morgan fingerprint density at radius 2 is 1.67 bits per heavy atom. The fourth-order valence-electron chi connectivity index (χ4n) is 3.38. The Hall–Kier alpha value is -3.18. The summed E-state index contributed by atoms with van der Waals surface area (Å²) >= 11 is 1.29. The summed E-state index contributed by atoms with van der Waals surface area (Å²) in [6.45, 7) is 4.05. The van der Waals surface area contributed by atoms with Gasteiger partial charge >= 0.3 is 0 Å². The van der Waals surface area contributed by atoms with Gasteiger partial charge in [-0.1, -0.05) is 73.3 Å².